The lowest BCUT2D eigenvalue weighted by Crippen LogP contribution is -2.31. The van der Waals surface area contributed by atoms with Crippen LogP contribution in [0.4, 0.5) is 0 Å². The summed E-state index contributed by atoms with van der Waals surface area (Å²) in [6, 6.07) is 6.03. The Morgan fingerprint density at radius 1 is 1.32 bits per heavy atom. The minimum Gasteiger partial charge on any atom is -0.497 e. The molecule has 1 aromatic carbocycles. The fourth-order valence-corrected chi connectivity index (χ4v) is 3.17. The molecular formula is C18H17NO3. The molecule has 0 spiro atoms. The van der Waals surface area contributed by atoms with Crippen LogP contribution in [0.3, 0.4) is 0 Å². The molecule has 0 amide bonds. The van der Waals surface area contributed by atoms with Gasteiger partial charge in [0.25, 0.3) is 0 Å². The number of allylic oxidation sites excluding steroid dienone is 3. The van der Waals surface area contributed by atoms with E-state index in [1.54, 1.807) is 7.11 Å². The number of methoxy groups -OCH3 is 1. The van der Waals surface area contributed by atoms with Crippen LogP contribution in [0.5, 0.6) is 5.75 Å². The van der Waals surface area contributed by atoms with Gasteiger partial charge < -0.3 is 14.4 Å². The molecule has 0 saturated carbocycles. The summed E-state index contributed by atoms with van der Waals surface area (Å²) in [6.45, 7) is 1.79. The van der Waals surface area contributed by atoms with Crippen LogP contribution in [-0.4, -0.2) is 31.0 Å². The van der Waals surface area contributed by atoms with Crippen molar-refractivity contribution in [3.05, 3.63) is 58.9 Å². The van der Waals surface area contributed by atoms with Gasteiger partial charge in [0.05, 0.1) is 31.9 Å². The summed E-state index contributed by atoms with van der Waals surface area (Å²) in [6.07, 6.45) is 7.95. The third kappa shape index (κ3) is 2.07. The highest BCUT2D eigenvalue weighted by Gasteiger charge is 2.34. The standard InChI is InChI=1S/C18H17NO3/c1-21-15-4-2-13-9-19(7-6-12(13)8-15)17-5-3-14-10-22-11-16(14)18(17)20/h2-8,16H,9-11H2,1H3. The molecule has 1 aliphatic carbocycles. The molecule has 0 radical (unpaired) electrons. The predicted octanol–water partition coefficient (Wildman–Crippen LogP) is 2.52. The Morgan fingerprint density at radius 2 is 2.23 bits per heavy atom. The number of ether oxygens (including phenoxy) is 2. The molecule has 22 heavy (non-hydrogen) atoms. The highest BCUT2D eigenvalue weighted by molar-refractivity contribution is 6.00. The Kier molecular flexibility index (Phi) is 3.12. The van der Waals surface area contributed by atoms with Gasteiger partial charge in [-0.15, -0.1) is 0 Å². The first-order valence-corrected chi connectivity index (χ1v) is 7.41. The number of hydrogen-bond acceptors (Lipinski definition) is 4. The van der Waals surface area contributed by atoms with Gasteiger partial charge >= 0.3 is 0 Å². The van der Waals surface area contributed by atoms with Crippen molar-refractivity contribution in [2.75, 3.05) is 20.3 Å². The van der Waals surface area contributed by atoms with Crippen LogP contribution in [-0.2, 0) is 16.1 Å². The molecule has 1 fully saturated rings. The number of carbonyl (C=O) groups excluding carboxylic acids is 1. The number of nitrogens with zero attached hydrogens (tertiary/aromatic N) is 1. The third-order valence-corrected chi connectivity index (χ3v) is 4.46. The van der Waals surface area contributed by atoms with Crippen LogP contribution < -0.4 is 4.74 Å². The number of benzene rings is 1. The maximum atomic E-state index is 12.6. The van der Waals surface area contributed by atoms with E-state index < -0.39 is 0 Å². The Labute approximate surface area is 129 Å². The average molecular weight is 295 g/mol. The Bertz CT molecular complexity index is 730. The van der Waals surface area contributed by atoms with E-state index in [9.17, 15) is 4.79 Å². The van der Waals surface area contributed by atoms with Gasteiger partial charge in [0.1, 0.15) is 5.75 Å². The molecule has 4 rings (SSSR count). The number of rotatable bonds is 2. The highest BCUT2D eigenvalue weighted by Crippen LogP contribution is 2.32. The van der Waals surface area contributed by atoms with Crippen LogP contribution in [0, 0.1) is 5.92 Å². The van der Waals surface area contributed by atoms with Crippen molar-refractivity contribution in [1.29, 1.82) is 0 Å². The maximum Gasteiger partial charge on any atom is 0.188 e. The largest absolute Gasteiger partial charge is 0.497 e. The molecule has 2 heterocycles. The van der Waals surface area contributed by atoms with E-state index in [4.69, 9.17) is 9.47 Å². The lowest BCUT2D eigenvalue weighted by Gasteiger charge is -2.29. The number of Topliss-reactive ketones (excluding diaryl/α,β-unsaturated/α-hetero) is 1. The summed E-state index contributed by atoms with van der Waals surface area (Å²) in [5.74, 6) is 0.919. The summed E-state index contributed by atoms with van der Waals surface area (Å²) in [5.41, 5.74) is 4.17. The molecule has 1 aromatic rings. The monoisotopic (exact) mass is 295 g/mol. The smallest absolute Gasteiger partial charge is 0.188 e. The maximum absolute atomic E-state index is 12.6. The predicted molar refractivity (Wildman–Crippen MR) is 83.1 cm³/mol. The normalized spacial score (nSPS) is 22.9. The van der Waals surface area contributed by atoms with Crippen molar-refractivity contribution in [1.82, 2.24) is 4.90 Å². The molecule has 4 heteroatoms. The van der Waals surface area contributed by atoms with Crippen molar-refractivity contribution in [2.45, 2.75) is 6.54 Å². The summed E-state index contributed by atoms with van der Waals surface area (Å²) >= 11 is 0. The Morgan fingerprint density at radius 3 is 3.09 bits per heavy atom. The van der Waals surface area contributed by atoms with E-state index >= 15 is 0 Å². The van der Waals surface area contributed by atoms with E-state index in [0.29, 0.717) is 19.8 Å². The molecule has 0 N–H and O–H groups in total. The topological polar surface area (TPSA) is 38.8 Å². The van der Waals surface area contributed by atoms with E-state index in [2.05, 4.69) is 6.07 Å². The second-order valence-corrected chi connectivity index (χ2v) is 5.73. The third-order valence-electron chi connectivity index (χ3n) is 4.46. The SMILES string of the molecule is COc1ccc2c(c1)C=CN(C1=CC=C3COCC3C1=O)C2. The van der Waals surface area contributed by atoms with Crippen LogP contribution in [0.2, 0.25) is 0 Å². The fourth-order valence-electron chi connectivity index (χ4n) is 3.17. The molecule has 0 bridgehead atoms. The molecule has 1 saturated heterocycles. The molecule has 3 aliphatic rings. The minimum absolute atomic E-state index is 0.0920. The Hall–Kier alpha value is -2.33. The molecule has 112 valence electrons. The fraction of sp³-hybridized carbons (Fsp3) is 0.278. The molecule has 1 unspecified atom stereocenters. The van der Waals surface area contributed by atoms with Crippen LogP contribution >= 0.6 is 0 Å². The molecular weight excluding hydrogens is 278 g/mol. The number of fused-ring (bicyclic) bond motifs is 2. The summed E-state index contributed by atoms with van der Waals surface area (Å²) in [5, 5.41) is 0. The number of hydrogen-bond donors (Lipinski definition) is 0. The van der Waals surface area contributed by atoms with Crippen molar-refractivity contribution >= 4 is 11.9 Å². The lowest BCUT2D eigenvalue weighted by molar-refractivity contribution is -0.119. The zero-order valence-corrected chi connectivity index (χ0v) is 12.4. The molecule has 1 atom stereocenters. The number of ketones is 1. The molecule has 2 aliphatic heterocycles. The second-order valence-electron chi connectivity index (χ2n) is 5.73. The summed E-state index contributed by atoms with van der Waals surface area (Å²) < 4.78 is 10.7. The van der Waals surface area contributed by atoms with Crippen LogP contribution in [0.1, 0.15) is 11.1 Å². The van der Waals surface area contributed by atoms with E-state index in [1.807, 2.05) is 41.5 Å². The van der Waals surface area contributed by atoms with E-state index in [0.717, 1.165) is 22.6 Å². The molecule has 4 nitrogen and oxygen atoms in total. The second kappa shape index (κ2) is 5.14. The quantitative estimate of drug-likeness (QED) is 0.840. The van der Waals surface area contributed by atoms with Crippen LogP contribution in [0.15, 0.2) is 47.8 Å². The van der Waals surface area contributed by atoms with Crippen molar-refractivity contribution in [3.8, 4) is 5.75 Å². The average Bonchev–Trinajstić information content (AvgIpc) is 3.04. The van der Waals surface area contributed by atoms with E-state index in [-0.39, 0.29) is 11.7 Å². The van der Waals surface area contributed by atoms with Crippen molar-refractivity contribution < 1.29 is 14.3 Å². The van der Waals surface area contributed by atoms with Gasteiger partial charge in [-0.2, -0.15) is 0 Å². The van der Waals surface area contributed by atoms with Gasteiger partial charge in [0.2, 0.25) is 0 Å². The van der Waals surface area contributed by atoms with Gasteiger partial charge in [-0.1, -0.05) is 12.1 Å². The lowest BCUT2D eigenvalue weighted by atomic mass is 9.90. The first-order chi connectivity index (χ1) is 10.8. The van der Waals surface area contributed by atoms with Gasteiger partial charge in [0, 0.05) is 12.7 Å². The van der Waals surface area contributed by atoms with E-state index in [1.165, 1.54) is 5.56 Å². The minimum atomic E-state index is -0.0920. The zero-order chi connectivity index (χ0) is 15.1. The van der Waals surface area contributed by atoms with Gasteiger partial charge in [-0.25, -0.2) is 0 Å². The van der Waals surface area contributed by atoms with Gasteiger partial charge in [0.15, 0.2) is 5.78 Å². The highest BCUT2D eigenvalue weighted by atomic mass is 16.5. The number of carbonyl (C=O) groups is 1. The van der Waals surface area contributed by atoms with Crippen molar-refractivity contribution in [3.63, 3.8) is 0 Å². The van der Waals surface area contributed by atoms with Gasteiger partial charge in [-0.3, -0.25) is 4.79 Å². The van der Waals surface area contributed by atoms with Crippen molar-refractivity contribution in [2.24, 2.45) is 5.92 Å². The van der Waals surface area contributed by atoms with Gasteiger partial charge in [-0.05, 0) is 41.0 Å². The Balaban J connectivity index is 1.62. The molecule has 0 aromatic heterocycles. The van der Waals surface area contributed by atoms with Crippen LogP contribution in [0.25, 0.3) is 6.08 Å². The zero-order valence-electron chi connectivity index (χ0n) is 12.4. The first-order valence-electron chi connectivity index (χ1n) is 7.41. The summed E-state index contributed by atoms with van der Waals surface area (Å²) in [7, 11) is 1.67. The first kappa shape index (κ1) is 13.3. The summed E-state index contributed by atoms with van der Waals surface area (Å²) in [4.78, 5) is 14.7.